The molecule has 5 nitrogen and oxygen atoms in total. The van der Waals surface area contributed by atoms with E-state index in [-0.39, 0.29) is 24.4 Å². The lowest BCUT2D eigenvalue weighted by Gasteiger charge is -2.24. The summed E-state index contributed by atoms with van der Waals surface area (Å²) in [7, 11) is 0. The number of H-pyrrole nitrogens is 1. The number of fused-ring (bicyclic) bond motifs is 1. The van der Waals surface area contributed by atoms with Gasteiger partial charge in [-0.1, -0.05) is 38.0 Å². The Labute approximate surface area is 171 Å². The van der Waals surface area contributed by atoms with E-state index in [2.05, 4.69) is 54.9 Å². The van der Waals surface area contributed by atoms with Crippen LogP contribution in [0.2, 0.25) is 0 Å². The number of benzene rings is 2. The maximum atomic E-state index is 11.1. The smallest absolute Gasteiger partial charge is 0.304 e. The highest BCUT2D eigenvalue weighted by molar-refractivity contribution is 5.82. The lowest BCUT2D eigenvalue weighted by atomic mass is 9.95. The van der Waals surface area contributed by atoms with Crippen LogP contribution in [0.1, 0.15) is 55.9 Å². The number of hydrogen-bond donors (Lipinski definition) is 2. The van der Waals surface area contributed by atoms with Crippen LogP contribution >= 0.6 is 0 Å². The lowest BCUT2D eigenvalue weighted by molar-refractivity contribution is -0.137. The first kappa shape index (κ1) is 20.5. The van der Waals surface area contributed by atoms with Crippen molar-refractivity contribution < 1.29 is 14.6 Å². The average Bonchev–Trinajstić information content (AvgIpc) is 3.15. The molecule has 0 aliphatic carbocycles. The standard InChI is InChI=1S/C24H26N2O3/c1-5-6-18(13-22(27)28)17-7-9-21(10-8-17)29-24(15(2)3)19-11-16(4)23-20(12-19)14-25-26-23/h7-12,14-15,18,24H,13H2,1-4H3,(H,25,26)(H,27,28). The fourth-order valence-corrected chi connectivity index (χ4v) is 3.54. The molecule has 0 aliphatic heterocycles. The number of nitrogens with zero attached hydrogens (tertiary/aromatic N) is 1. The van der Waals surface area contributed by atoms with E-state index in [1.165, 1.54) is 0 Å². The SMILES string of the molecule is CC#CC(CC(=O)O)c1ccc(OC(c2cc(C)c3[nH]ncc3c2)C(C)C)cc1. The van der Waals surface area contributed by atoms with Crippen molar-refractivity contribution in [1.82, 2.24) is 10.2 Å². The molecule has 0 aliphatic rings. The molecule has 0 spiro atoms. The van der Waals surface area contributed by atoms with Gasteiger partial charge in [-0.15, -0.1) is 5.92 Å². The Bertz CT molecular complexity index is 1060. The maximum Gasteiger partial charge on any atom is 0.304 e. The zero-order chi connectivity index (χ0) is 21.0. The molecule has 3 aromatic rings. The normalized spacial score (nSPS) is 13.0. The van der Waals surface area contributed by atoms with Crippen LogP contribution in [0.5, 0.6) is 5.75 Å². The molecule has 0 saturated carbocycles. The Hall–Kier alpha value is -3.26. The second-order valence-corrected chi connectivity index (χ2v) is 7.57. The van der Waals surface area contributed by atoms with Crippen molar-refractivity contribution in [2.24, 2.45) is 5.92 Å². The molecule has 1 heterocycles. The van der Waals surface area contributed by atoms with Crippen molar-refractivity contribution in [3.63, 3.8) is 0 Å². The molecule has 2 unspecified atom stereocenters. The van der Waals surface area contributed by atoms with Gasteiger partial charge >= 0.3 is 5.97 Å². The largest absolute Gasteiger partial charge is 0.485 e. The molecule has 2 N–H and O–H groups in total. The number of aryl methyl sites for hydroxylation is 1. The summed E-state index contributed by atoms with van der Waals surface area (Å²) in [5.74, 6) is 5.63. The van der Waals surface area contributed by atoms with Crippen LogP contribution in [0.4, 0.5) is 0 Å². The van der Waals surface area contributed by atoms with Crippen molar-refractivity contribution in [3.8, 4) is 17.6 Å². The number of hydrogen-bond acceptors (Lipinski definition) is 3. The minimum Gasteiger partial charge on any atom is -0.485 e. The molecule has 2 atom stereocenters. The Kier molecular flexibility index (Phi) is 6.23. The fourth-order valence-electron chi connectivity index (χ4n) is 3.54. The van der Waals surface area contributed by atoms with E-state index in [9.17, 15) is 4.79 Å². The molecule has 150 valence electrons. The zero-order valence-corrected chi connectivity index (χ0v) is 17.2. The Morgan fingerprint density at radius 2 is 1.93 bits per heavy atom. The molecule has 3 rings (SSSR count). The van der Waals surface area contributed by atoms with Gasteiger partial charge in [-0.2, -0.15) is 5.10 Å². The minimum atomic E-state index is -0.858. The molecule has 0 amide bonds. The van der Waals surface area contributed by atoms with E-state index in [0.717, 1.165) is 33.3 Å². The number of rotatable bonds is 7. The van der Waals surface area contributed by atoms with Crippen LogP contribution in [0.25, 0.3) is 10.9 Å². The molecule has 0 radical (unpaired) electrons. The summed E-state index contributed by atoms with van der Waals surface area (Å²) in [6.45, 7) is 8.05. The quantitative estimate of drug-likeness (QED) is 0.542. The third-order valence-corrected chi connectivity index (χ3v) is 4.95. The van der Waals surface area contributed by atoms with Crippen LogP contribution < -0.4 is 4.74 Å². The van der Waals surface area contributed by atoms with Crippen molar-refractivity contribution in [1.29, 1.82) is 0 Å². The summed E-state index contributed by atoms with van der Waals surface area (Å²) in [5, 5.41) is 17.3. The molecule has 0 bridgehead atoms. The number of nitrogens with one attached hydrogen (secondary N) is 1. The van der Waals surface area contributed by atoms with Gasteiger partial charge in [-0.25, -0.2) is 0 Å². The summed E-state index contributed by atoms with van der Waals surface area (Å²) in [4.78, 5) is 11.1. The number of aliphatic carboxylic acids is 1. The second-order valence-electron chi connectivity index (χ2n) is 7.57. The summed E-state index contributed by atoms with van der Waals surface area (Å²) >= 11 is 0. The van der Waals surface area contributed by atoms with Crippen molar-refractivity contribution in [2.75, 3.05) is 0 Å². The molecule has 1 aromatic heterocycles. The van der Waals surface area contributed by atoms with Crippen LogP contribution in [0, 0.1) is 24.7 Å². The number of carboxylic acid groups (broad SMARTS) is 1. The molecular formula is C24H26N2O3. The Balaban J connectivity index is 1.85. The van der Waals surface area contributed by atoms with Gasteiger partial charge in [-0.05, 0) is 54.7 Å². The average molecular weight is 390 g/mol. The first-order chi connectivity index (χ1) is 13.9. The minimum absolute atomic E-state index is 0.0142. The fraction of sp³-hybridized carbons (Fsp3) is 0.333. The van der Waals surface area contributed by atoms with Gasteiger partial charge in [0, 0.05) is 5.39 Å². The molecule has 0 saturated heterocycles. The van der Waals surface area contributed by atoms with Crippen LogP contribution in [0.3, 0.4) is 0 Å². The van der Waals surface area contributed by atoms with Gasteiger partial charge in [0.1, 0.15) is 11.9 Å². The molecule has 2 aromatic carbocycles. The lowest BCUT2D eigenvalue weighted by Crippen LogP contribution is -2.14. The van der Waals surface area contributed by atoms with Crippen molar-refractivity contribution in [2.45, 2.75) is 46.1 Å². The molecular weight excluding hydrogens is 364 g/mol. The van der Waals surface area contributed by atoms with Crippen LogP contribution in [-0.4, -0.2) is 21.3 Å². The van der Waals surface area contributed by atoms with E-state index < -0.39 is 5.97 Å². The Morgan fingerprint density at radius 1 is 1.21 bits per heavy atom. The molecule has 5 heteroatoms. The van der Waals surface area contributed by atoms with Gasteiger partial charge in [0.2, 0.25) is 0 Å². The Morgan fingerprint density at radius 3 is 2.55 bits per heavy atom. The van der Waals surface area contributed by atoms with Gasteiger partial charge < -0.3 is 9.84 Å². The van der Waals surface area contributed by atoms with Gasteiger partial charge in [0.25, 0.3) is 0 Å². The van der Waals surface area contributed by atoms with Crippen LogP contribution in [-0.2, 0) is 4.79 Å². The monoisotopic (exact) mass is 390 g/mol. The number of aromatic amines is 1. The summed E-state index contributed by atoms with van der Waals surface area (Å²) in [5.41, 5.74) is 4.17. The van der Waals surface area contributed by atoms with E-state index >= 15 is 0 Å². The van der Waals surface area contributed by atoms with Crippen molar-refractivity contribution >= 4 is 16.9 Å². The third-order valence-electron chi connectivity index (χ3n) is 4.95. The highest BCUT2D eigenvalue weighted by Crippen LogP contribution is 2.32. The predicted molar refractivity (Wildman–Crippen MR) is 114 cm³/mol. The van der Waals surface area contributed by atoms with E-state index in [0.29, 0.717) is 0 Å². The van der Waals surface area contributed by atoms with Gasteiger partial charge in [0.05, 0.1) is 24.1 Å². The number of carbonyl (C=O) groups is 1. The number of aromatic nitrogens is 2. The molecule has 0 fully saturated rings. The first-order valence-electron chi connectivity index (χ1n) is 9.73. The summed E-state index contributed by atoms with van der Waals surface area (Å²) in [6, 6.07) is 11.8. The predicted octanol–water partition coefficient (Wildman–Crippen LogP) is 5.23. The van der Waals surface area contributed by atoms with E-state index in [1.807, 2.05) is 30.5 Å². The second kappa shape index (κ2) is 8.83. The van der Waals surface area contributed by atoms with Crippen molar-refractivity contribution in [3.05, 3.63) is 59.3 Å². The highest BCUT2D eigenvalue weighted by atomic mass is 16.5. The summed E-state index contributed by atoms with van der Waals surface area (Å²) in [6.07, 6.45) is 1.71. The highest BCUT2D eigenvalue weighted by Gasteiger charge is 2.20. The first-order valence-corrected chi connectivity index (χ1v) is 9.73. The number of ether oxygens (including phenoxy) is 1. The van der Waals surface area contributed by atoms with Gasteiger partial charge in [-0.3, -0.25) is 9.89 Å². The zero-order valence-electron chi connectivity index (χ0n) is 17.2. The van der Waals surface area contributed by atoms with E-state index in [4.69, 9.17) is 9.84 Å². The number of carboxylic acids is 1. The molecule has 29 heavy (non-hydrogen) atoms. The third kappa shape index (κ3) is 4.78. The topological polar surface area (TPSA) is 75.2 Å². The summed E-state index contributed by atoms with van der Waals surface area (Å²) < 4.78 is 6.34. The van der Waals surface area contributed by atoms with Crippen LogP contribution in [0.15, 0.2) is 42.6 Å². The van der Waals surface area contributed by atoms with E-state index in [1.54, 1.807) is 6.92 Å². The maximum absolute atomic E-state index is 11.1. The van der Waals surface area contributed by atoms with Gasteiger partial charge in [0.15, 0.2) is 0 Å².